The Morgan fingerprint density at radius 1 is 1.50 bits per heavy atom. The molecule has 1 atom stereocenters. The normalized spacial score (nSPS) is 21.4. The van der Waals surface area contributed by atoms with Crippen molar-refractivity contribution in [2.75, 3.05) is 19.8 Å². The summed E-state index contributed by atoms with van der Waals surface area (Å²) in [6.45, 7) is 6.59. The fourth-order valence-corrected chi connectivity index (χ4v) is 1.29. The van der Waals surface area contributed by atoms with Gasteiger partial charge in [0.15, 0.2) is 0 Å². The highest BCUT2D eigenvalue weighted by molar-refractivity contribution is 5.68. The number of carbonyl (C=O) groups is 2. The Morgan fingerprint density at radius 3 is 2.75 bits per heavy atom. The van der Waals surface area contributed by atoms with Gasteiger partial charge in [0, 0.05) is 0 Å². The molecule has 6 heteroatoms. The van der Waals surface area contributed by atoms with E-state index in [0.717, 1.165) is 0 Å². The standard InChI is InChI=1S/C10H17NO5/c1-10(2,3)16-9(13)11-4-5-14-6-8(11)15-7-12/h7-8H,4-6H2,1-3H3. The molecule has 0 aliphatic carbocycles. The van der Waals surface area contributed by atoms with Crippen LogP contribution in [0.4, 0.5) is 4.79 Å². The molecule has 1 unspecified atom stereocenters. The van der Waals surface area contributed by atoms with Crippen molar-refractivity contribution in [2.24, 2.45) is 0 Å². The van der Waals surface area contributed by atoms with Gasteiger partial charge in [-0.15, -0.1) is 0 Å². The van der Waals surface area contributed by atoms with E-state index in [1.54, 1.807) is 20.8 Å². The third-order valence-electron chi connectivity index (χ3n) is 1.93. The summed E-state index contributed by atoms with van der Waals surface area (Å²) in [5, 5.41) is 0. The minimum Gasteiger partial charge on any atom is -0.444 e. The van der Waals surface area contributed by atoms with E-state index >= 15 is 0 Å². The minimum absolute atomic E-state index is 0.179. The molecule has 6 nitrogen and oxygen atoms in total. The SMILES string of the molecule is CC(C)(C)OC(=O)N1CCOCC1OC=O. The molecule has 0 radical (unpaired) electrons. The quantitative estimate of drug-likeness (QED) is 0.656. The first-order valence-corrected chi connectivity index (χ1v) is 5.10. The summed E-state index contributed by atoms with van der Waals surface area (Å²) in [5.74, 6) is 0. The van der Waals surface area contributed by atoms with Crippen molar-refractivity contribution in [1.29, 1.82) is 0 Å². The van der Waals surface area contributed by atoms with Crippen LogP contribution in [-0.4, -0.2) is 49.1 Å². The Morgan fingerprint density at radius 2 is 2.19 bits per heavy atom. The molecule has 92 valence electrons. The largest absolute Gasteiger partial charge is 0.444 e. The zero-order valence-electron chi connectivity index (χ0n) is 9.76. The van der Waals surface area contributed by atoms with Crippen LogP contribution in [0.1, 0.15) is 20.8 Å². The lowest BCUT2D eigenvalue weighted by molar-refractivity contribution is -0.158. The summed E-state index contributed by atoms with van der Waals surface area (Å²) in [4.78, 5) is 23.4. The molecule has 0 bridgehead atoms. The number of nitrogens with zero attached hydrogens (tertiary/aromatic N) is 1. The van der Waals surface area contributed by atoms with Gasteiger partial charge >= 0.3 is 6.09 Å². The van der Waals surface area contributed by atoms with Crippen molar-refractivity contribution in [3.05, 3.63) is 0 Å². The minimum atomic E-state index is -0.693. The Balaban J connectivity index is 2.60. The number of hydrogen-bond acceptors (Lipinski definition) is 5. The third-order valence-corrected chi connectivity index (χ3v) is 1.93. The molecule has 1 saturated heterocycles. The highest BCUT2D eigenvalue weighted by atomic mass is 16.6. The summed E-state index contributed by atoms with van der Waals surface area (Å²) in [6, 6.07) is 0. The Hall–Kier alpha value is -1.30. The average Bonchev–Trinajstić information content (AvgIpc) is 2.16. The van der Waals surface area contributed by atoms with E-state index in [-0.39, 0.29) is 6.61 Å². The molecule has 0 aromatic carbocycles. The Bertz CT molecular complexity index is 260. The maximum Gasteiger partial charge on any atom is 0.413 e. The lowest BCUT2D eigenvalue weighted by atomic mass is 10.2. The zero-order chi connectivity index (χ0) is 12.2. The lowest BCUT2D eigenvalue weighted by Gasteiger charge is -2.34. The molecule has 0 aromatic heterocycles. The van der Waals surface area contributed by atoms with Crippen molar-refractivity contribution in [3.63, 3.8) is 0 Å². The monoisotopic (exact) mass is 231 g/mol. The summed E-state index contributed by atoms with van der Waals surface area (Å²) in [5.41, 5.74) is -0.568. The highest BCUT2D eigenvalue weighted by Crippen LogP contribution is 2.14. The van der Waals surface area contributed by atoms with Crippen molar-refractivity contribution < 1.29 is 23.8 Å². The third kappa shape index (κ3) is 3.69. The Labute approximate surface area is 94.4 Å². The van der Waals surface area contributed by atoms with Crippen LogP contribution >= 0.6 is 0 Å². The molecule has 1 amide bonds. The summed E-state index contributed by atoms with van der Waals surface area (Å²) in [6.07, 6.45) is -1.19. The molecule has 1 aliphatic heterocycles. The van der Waals surface area contributed by atoms with Gasteiger partial charge < -0.3 is 14.2 Å². The van der Waals surface area contributed by atoms with Crippen LogP contribution in [-0.2, 0) is 19.0 Å². The maximum absolute atomic E-state index is 11.8. The Kier molecular flexibility index (Phi) is 4.12. The predicted molar refractivity (Wildman–Crippen MR) is 54.7 cm³/mol. The molecule has 0 N–H and O–H groups in total. The maximum atomic E-state index is 11.8. The topological polar surface area (TPSA) is 65.1 Å². The van der Waals surface area contributed by atoms with Crippen molar-refractivity contribution in [1.82, 2.24) is 4.90 Å². The number of rotatable bonds is 2. The van der Waals surface area contributed by atoms with Crippen LogP contribution < -0.4 is 0 Å². The van der Waals surface area contributed by atoms with E-state index in [0.29, 0.717) is 19.6 Å². The van der Waals surface area contributed by atoms with E-state index in [1.165, 1.54) is 4.90 Å². The smallest absolute Gasteiger partial charge is 0.413 e. The van der Waals surface area contributed by atoms with Crippen LogP contribution in [0.25, 0.3) is 0 Å². The molecule has 0 saturated carbocycles. The fourth-order valence-electron chi connectivity index (χ4n) is 1.29. The molecule has 16 heavy (non-hydrogen) atoms. The molecular formula is C10H17NO5. The zero-order valence-corrected chi connectivity index (χ0v) is 9.76. The van der Waals surface area contributed by atoms with Gasteiger partial charge in [0.05, 0.1) is 13.2 Å². The van der Waals surface area contributed by atoms with E-state index in [4.69, 9.17) is 14.2 Å². The van der Waals surface area contributed by atoms with Crippen LogP contribution in [0.2, 0.25) is 0 Å². The number of morpholine rings is 1. The first kappa shape index (κ1) is 12.8. The molecule has 0 spiro atoms. The van der Waals surface area contributed by atoms with Gasteiger partial charge in [-0.1, -0.05) is 0 Å². The van der Waals surface area contributed by atoms with Gasteiger partial charge in [-0.3, -0.25) is 9.69 Å². The van der Waals surface area contributed by atoms with Crippen LogP contribution in [0.15, 0.2) is 0 Å². The van der Waals surface area contributed by atoms with Crippen LogP contribution in [0, 0.1) is 0 Å². The summed E-state index contributed by atoms with van der Waals surface area (Å²) < 4.78 is 15.1. The first-order chi connectivity index (χ1) is 7.44. The molecular weight excluding hydrogens is 214 g/mol. The number of carbonyl (C=O) groups excluding carboxylic acids is 2. The molecule has 0 aromatic rings. The first-order valence-electron chi connectivity index (χ1n) is 5.10. The number of amides is 1. The molecule has 1 heterocycles. The predicted octanol–water partition coefficient (Wildman–Crippen LogP) is 0.753. The van der Waals surface area contributed by atoms with Gasteiger partial charge in [0.25, 0.3) is 6.47 Å². The van der Waals surface area contributed by atoms with Crippen LogP contribution in [0.5, 0.6) is 0 Å². The molecule has 1 aliphatic rings. The molecule has 1 fully saturated rings. The summed E-state index contributed by atoms with van der Waals surface area (Å²) >= 11 is 0. The fraction of sp³-hybridized carbons (Fsp3) is 0.800. The van der Waals surface area contributed by atoms with E-state index in [1.807, 2.05) is 0 Å². The molecule has 1 rings (SSSR count). The van der Waals surface area contributed by atoms with Crippen LogP contribution in [0.3, 0.4) is 0 Å². The van der Waals surface area contributed by atoms with Gasteiger partial charge in [0.1, 0.15) is 12.2 Å². The summed E-state index contributed by atoms with van der Waals surface area (Å²) in [7, 11) is 0. The van der Waals surface area contributed by atoms with Gasteiger partial charge in [-0.05, 0) is 20.8 Å². The number of hydrogen-bond donors (Lipinski definition) is 0. The second-order valence-corrected chi connectivity index (χ2v) is 4.44. The lowest BCUT2D eigenvalue weighted by Crippen LogP contribution is -2.51. The van der Waals surface area contributed by atoms with E-state index in [2.05, 4.69) is 0 Å². The van der Waals surface area contributed by atoms with Crippen molar-refractivity contribution in [2.45, 2.75) is 32.6 Å². The highest BCUT2D eigenvalue weighted by Gasteiger charge is 2.31. The second kappa shape index (κ2) is 5.16. The van der Waals surface area contributed by atoms with E-state index < -0.39 is 17.9 Å². The number of ether oxygens (including phenoxy) is 3. The van der Waals surface area contributed by atoms with E-state index in [9.17, 15) is 9.59 Å². The van der Waals surface area contributed by atoms with Gasteiger partial charge in [-0.2, -0.15) is 0 Å². The average molecular weight is 231 g/mol. The van der Waals surface area contributed by atoms with Crippen molar-refractivity contribution >= 4 is 12.6 Å². The van der Waals surface area contributed by atoms with Gasteiger partial charge in [-0.25, -0.2) is 4.79 Å². The van der Waals surface area contributed by atoms with Crippen molar-refractivity contribution in [3.8, 4) is 0 Å². The second-order valence-electron chi connectivity index (χ2n) is 4.44. The van der Waals surface area contributed by atoms with Gasteiger partial charge in [0.2, 0.25) is 6.23 Å².